The summed E-state index contributed by atoms with van der Waals surface area (Å²) < 4.78 is 0. The van der Waals surface area contributed by atoms with Gasteiger partial charge in [-0.3, -0.25) is 4.79 Å². The van der Waals surface area contributed by atoms with Crippen LogP contribution in [0.2, 0.25) is 0 Å². The Labute approximate surface area is 110 Å². The molecule has 2 aromatic rings. The fourth-order valence-electron chi connectivity index (χ4n) is 1.71. The van der Waals surface area contributed by atoms with Crippen molar-refractivity contribution >= 4 is 11.6 Å². The highest BCUT2D eigenvalue weighted by Crippen LogP contribution is 2.22. The summed E-state index contributed by atoms with van der Waals surface area (Å²) in [4.78, 5) is 12.0. The summed E-state index contributed by atoms with van der Waals surface area (Å²) >= 11 is 0. The molecule has 0 heterocycles. The van der Waals surface area contributed by atoms with Crippen LogP contribution in [-0.4, -0.2) is 11.0 Å². The Morgan fingerprint density at radius 2 is 2.00 bits per heavy atom. The van der Waals surface area contributed by atoms with Gasteiger partial charge in [0.15, 0.2) is 0 Å². The number of nitrogens with one attached hydrogen (secondary N) is 1. The number of para-hydroxylation sites is 1. The van der Waals surface area contributed by atoms with Crippen molar-refractivity contribution in [3.63, 3.8) is 0 Å². The minimum atomic E-state index is -0.406. The number of carbonyl (C=O) groups is 1. The SMILES string of the molecule is Cc1cccc(C(=O)Nc2cccc(C#N)c2)c1O. The van der Waals surface area contributed by atoms with Crippen LogP contribution >= 0.6 is 0 Å². The molecule has 0 bridgehead atoms. The van der Waals surface area contributed by atoms with Crippen molar-refractivity contribution in [3.8, 4) is 11.8 Å². The van der Waals surface area contributed by atoms with E-state index in [1.54, 1.807) is 49.4 Å². The highest BCUT2D eigenvalue weighted by Gasteiger charge is 2.12. The van der Waals surface area contributed by atoms with E-state index in [2.05, 4.69) is 5.32 Å². The Bertz CT molecular complexity index is 672. The summed E-state index contributed by atoms with van der Waals surface area (Å²) in [7, 11) is 0. The molecule has 0 aliphatic rings. The summed E-state index contributed by atoms with van der Waals surface area (Å²) in [5, 5.41) is 21.3. The molecular formula is C15H12N2O2. The van der Waals surface area contributed by atoms with Crippen LogP contribution in [0.5, 0.6) is 5.75 Å². The van der Waals surface area contributed by atoms with Crippen molar-refractivity contribution < 1.29 is 9.90 Å². The predicted molar refractivity (Wildman–Crippen MR) is 72.0 cm³/mol. The molecular weight excluding hydrogens is 240 g/mol. The maximum atomic E-state index is 12.0. The lowest BCUT2D eigenvalue weighted by molar-refractivity contribution is 0.102. The van der Waals surface area contributed by atoms with Gasteiger partial charge in [0, 0.05) is 5.69 Å². The topological polar surface area (TPSA) is 73.1 Å². The van der Waals surface area contributed by atoms with Crippen LogP contribution < -0.4 is 5.32 Å². The first-order valence-corrected chi connectivity index (χ1v) is 5.72. The van der Waals surface area contributed by atoms with Gasteiger partial charge in [-0.05, 0) is 36.8 Å². The highest BCUT2D eigenvalue weighted by atomic mass is 16.3. The van der Waals surface area contributed by atoms with Crippen LogP contribution in [0.1, 0.15) is 21.5 Å². The number of nitriles is 1. The molecule has 0 fully saturated rings. The van der Waals surface area contributed by atoms with E-state index in [0.29, 0.717) is 16.8 Å². The minimum absolute atomic E-state index is 0.0311. The van der Waals surface area contributed by atoms with Crippen LogP contribution in [0.3, 0.4) is 0 Å². The number of carbonyl (C=O) groups excluding carboxylic acids is 1. The molecule has 2 aromatic carbocycles. The summed E-state index contributed by atoms with van der Waals surface area (Å²) in [5.41, 5.74) is 1.83. The first-order chi connectivity index (χ1) is 9.11. The van der Waals surface area contributed by atoms with Gasteiger partial charge in [0.1, 0.15) is 5.75 Å². The van der Waals surface area contributed by atoms with Crippen LogP contribution in [0.4, 0.5) is 5.69 Å². The highest BCUT2D eigenvalue weighted by molar-refractivity contribution is 6.06. The third-order valence-corrected chi connectivity index (χ3v) is 2.73. The number of rotatable bonds is 2. The number of aromatic hydroxyl groups is 1. The number of anilines is 1. The van der Waals surface area contributed by atoms with Gasteiger partial charge in [-0.2, -0.15) is 5.26 Å². The molecule has 94 valence electrons. The van der Waals surface area contributed by atoms with E-state index in [1.807, 2.05) is 6.07 Å². The van der Waals surface area contributed by atoms with Crippen LogP contribution in [-0.2, 0) is 0 Å². The number of phenolic OH excluding ortho intramolecular Hbond substituents is 1. The molecule has 0 aliphatic heterocycles. The Morgan fingerprint density at radius 3 is 2.74 bits per heavy atom. The molecule has 0 saturated heterocycles. The van der Waals surface area contributed by atoms with E-state index in [1.165, 1.54) is 0 Å². The van der Waals surface area contributed by atoms with Gasteiger partial charge in [-0.25, -0.2) is 0 Å². The lowest BCUT2D eigenvalue weighted by Crippen LogP contribution is -2.12. The van der Waals surface area contributed by atoms with Gasteiger partial charge < -0.3 is 10.4 Å². The zero-order valence-corrected chi connectivity index (χ0v) is 10.3. The zero-order chi connectivity index (χ0) is 13.8. The Kier molecular flexibility index (Phi) is 3.48. The number of amides is 1. The van der Waals surface area contributed by atoms with Crippen LogP contribution in [0.15, 0.2) is 42.5 Å². The fraction of sp³-hybridized carbons (Fsp3) is 0.0667. The standard InChI is InChI=1S/C15H12N2O2/c1-10-4-2-7-13(14(10)18)15(19)17-12-6-3-5-11(8-12)9-16/h2-8,18H,1H3,(H,17,19). The second-order valence-electron chi connectivity index (χ2n) is 4.12. The van der Waals surface area contributed by atoms with E-state index in [-0.39, 0.29) is 11.3 Å². The summed E-state index contributed by atoms with van der Waals surface area (Å²) in [5.74, 6) is -0.437. The normalized spacial score (nSPS) is 9.68. The van der Waals surface area contributed by atoms with Crippen LogP contribution in [0.25, 0.3) is 0 Å². The molecule has 19 heavy (non-hydrogen) atoms. The van der Waals surface area contributed by atoms with E-state index in [0.717, 1.165) is 0 Å². The summed E-state index contributed by atoms with van der Waals surface area (Å²) in [6.07, 6.45) is 0. The Balaban J connectivity index is 2.26. The number of phenols is 1. The Hall–Kier alpha value is -2.80. The van der Waals surface area contributed by atoms with Gasteiger partial charge in [0.05, 0.1) is 17.2 Å². The number of benzene rings is 2. The van der Waals surface area contributed by atoms with E-state index in [9.17, 15) is 9.90 Å². The van der Waals surface area contributed by atoms with Gasteiger partial charge in [0.25, 0.3) is 5.91 Å². The molecule has 2 N–H and O–H groups in total. The lowest BCUT2D eigenvalue weighted by Gasteiger charge is -2.08. The zero-order valence-electron chi connectivity index (χ0n) is 10.3. The quantitative estimate of drug-likeness (QED) is 0.863. The second kappa shape index (κ2) is 5.23. The number of hydrogen-bond donors (Lipinski definition) is 2. The van der Waals surface area contributed by atoms with E-state index in [4.69, 9.17) is 5.26 Å². The molecule has 2 rings (SSSR count). The summed E-state index contributed by atoms with van der Waals surface area (Å²) in [6, 6.07) is 13.6. The van der Waals surface area contributed by atoms with Gasteiger partial charge in [0.2, 0.25) is 0 Å². The average molecular weight is 252 g/mol. The van der Waals surface area contributed by atoms with Gasteiger partial charge in [-0.1, -0.05) is 18.2 Å². The minimum Gasteiger partial charge on any atom is -0.507 e. The van der Waals surface area contributed by atoms with Crippen molar-refractivity contribution in [2.24, 2.45) is 0 Å². The Morgan fingerprint density at radius 1 is 1.26 bits per heavy atom. The molecule has 0 aromatic heterocycles. The fourth-order valence-corrected chi connectivity index (χ4v) is 1.71. The molecule has 0 saturated carbocycles. The van der Waals surface area contributed by atoms with Crippen molar-refractivity contribution in [1.29, 1.82) is 5.26 Å². The number of aryl methyl sites for hydroxylation is 1. The molecule has 0 atom stereocenters. The summed E-state index contributed by atoms with van der Waals surface area (Å²) in [6.45, 7) is 1.72. The molecule has 0 unspecified atom stereocenters. The number of hydrogen-bond acceptors (Lipinski definition) is 3. The van der Waals surface area contributed by atoms with Crippen molar-refractivity contribution in [3.05, 3.63) is 59.2 Å². The molecule has 0 aliphatic carbocycles. The molecule has 4 heteroatoms. The smallest absolute Gasteiger partial charge is 0.259 e. The molecule has 0 radical (unpaired) electrons. The predicted octanol–water partition coefficient (Wildman–Crippen LogP) is 2.82. The average Bonchev–Trinajstić information content (AvgIpc) is 2.42. The third kappa shape index (κ3) is 2.72. The van der Waals surface area contributed by atoms with Crippen LogP contribution in [0, 0.1) is 18.3 Å². The second-order valence-corrected chi connectivity index (χ2v) is 4.12. The molecule has 4 nitrogen and oxygen atoms in total. The van der Waals surface area contributed by atoms with E-state index < -0.39 is 5.91 Å². The molecule has 0 spiro atoms. The van der Waals surface area contributed by atoms with Gasteiger partial charge in [-0.15, -0.1) is 0 Å². The number of nitrogens with zero attached hydrogens (tertiary/aromatic N) is 1. The molecule has 1 amide bonds. The maximum absolute atomic E-state index is 12.0. The first-order valence-electron chi connectivity index (χ1n) is 5.72. The first kappa shape index (κ1) is 12.7. The lowest BCUT2D eigenvalue weighted by atomic mass is 10.1. The van der Waals surface area contributed by atoms with Crippen molar-refractivity contribution in [1.82, 2.24) is 0 Å². The van der Waals surface area contributed by atoms with E-state index >= 15 is 0 Å². The van der Waals surface area contributed by atoms with Crippen molar-refractivity contribution in [2.75, 3.05) is 5.32 Å². The van der Waals surface area contributed by atoms with Crippen molar-refractivity contribution in [2.45, 2.75) is 6.92 Å². The maximum Gasteiger partial charge on any atom is 0.259 e. The monoisotopic (exact) mass is 252 g/mol. The largest absolute Gasteiger partial charge is 0.507 e. The third-order valence-electron chi connectivity index (χ3n) is 2.73. The van der Waals surface area contributed by atoms with Gasteiger partial charge >= 0.3 is 0 Å².